The van der Waals surface area contributed by atoms with Crippen LogP contribution >= 0.6 is 0 Å². The average Bonchev–Trinajstić information content (AvgIpc) is 2.74. The van der Waals surface area contributed by atoms with Gasteiger partial charge in [-0.15, -0.1) is 0 Å². The van der Waals surface area contributed by atoms with Gasteiger partial charge in [0.1, 0.15) is 0 Å². The van der Waals surface area contributed by atoms with Gasteiger partial charge in [-0.05, 0) is 44.0 Å². The predicted molar refractivity (Wildman–Crippen MR) is 61.2 cm³/mol. The topological polar surface area (TPSA) is 28.2 Å². The van der Waals surface area contributed by atoms with Gasteiger partial charge in [-0.3, -0.25) is 4.98 Å². The van der Waals surface area contributed by atoms with E-state index in [9.17, 15) is 0 Å². The van der Waals surface area contributed by atoms with Gasteiger partial charge in [0.05, 0.1) is 11.9 Å². The first kappa shape index (κ1) is 9.16. The molecule has 3 rings (SSSR count). The summed E-state index contributed by atoms with van der Waals surface area (Å²) in [5.74, 6) is 0. The molecule has 1 saturated heterocycles. The summed E-state index contributed by atoms with van der Waals surface area (Å²) in [5, 5.41) is 3.42. The van der Waals surface area contributed by atoms with E-state index in [2.05, 4.69) is 21.3 Å². The molecule has 2 aliphatic rings. The molecule has 2 aliphatic heterocycles. The summed E-state index contributed by atoms with van der Waals surface area (Å²) >= 11 is 0. The van der Waals surface area contributed by atoms with Crippen LogP contribution in [0.1, 0.15) is 18.4 Å². The Hall–Kier alpha value is -1.09. The van der Waals surface area contributed by atoms with Crippen molar-refractivity contribution in [1.29, 1.82) is 0 Å². The van der Waals surface area contributed by atoms with Gasteiger partial charge < -0.3 is 10.2 Å². The fraction of sp³-hybridized carbons (Fsp3) is 0.583. The fourth-order valence-electron chi connectivity index (χ4n) is 2.74. The quantitative estimate of drug-likeness (QED) is 0.743. The van der Waals surface area contributed by atoms with Crippen molar-refractivity contribution in [1.82, 2.24) is 10.3 Å². The number of nitrogens with zero attached hydrogens (tertiary/aromatic N) is 2. The van der Waals surface area contributed by atoms with Crippen molar-refractivity contribution >= 4 is 5.69 Å². The fourth-order valence-corrected chi connectivity index (χ4v) is 2.74. The summed E-state index contributed by atoms with van der Waals surface area (Å²) < 4.78 is 0. The van der Waals surface area contributed by atoms with E-state index in [-0.39, 0.29) is 0 Å². The molecule has 1 aromatic rings. The number of pyridine rings is 1. The zero-order chi connectivity index (χ0) is 10.1. The van der Waals surface area contributed by atoms with Crippen LogP contribution in [0.15, 0.2) is 18.5 Å². The van der Waals surface area contributed by atoms with E-state index in [0.29, 0.717) is 0 Å². The molecule has 1 aromatic heterocycles. The zero-order valence-electron chi connectivity index (χ0n) is 8.95. The Morgan fingerprint density at radius 3 is 3.07 bits per heavy atom. The monoisotopic (exact) mass is 203 g/mol. The third-order valence-electron chi connectivity index (χ3n) is 3.57. The zero-order valence-corrected chi connectivity index (χ0v) is 8.95. The molecule has 15 heavy (non-hydrogen) atoms. The van der Waals surface area contributed by atoms with E-state index in [0.717, 1.165) is 19.1 Å². The minimum Gasteiger partial charge on any atom is -0.367 e. The van der Waals surface area contributed by atoms with Crippen molar-refractivity contribution in [2.24, 2.45) is 0 Å². The summed E-state index contributed by atoms with van der Waals surface area (Å²) in [6, 6.07) is 2.90. The third-order valence-corrected chi connectivity index (χ3v) is 3.57. The summed E-state index contributed by atoms with van der Waals surface area (Å²) in [5.41, 5.74) is 2.85. The van der Waals surface area contributed by atoms with Crippen molar-refractivity contribution in [3.63, 3.8) is 0 Å². The number of piperidine rings is 1. The highest BCUT2D eigenvalue weighted by atomic mass is 15.2. The van der Waals surface area contributed by atoms with E-state index in [4.69, 9.17) is 0 Å². The van der Waals surface area contributed by atoms with E-state index < -0.39 is 0 Å². The van der Waals surface area contributed by atoms with Gasteiger partial charge in [0.2, 0.25) is 0 Å². The standard InChI is InChI=1S/C12H17N3/c1-5-14-9-12-10(1)4-8-15(12)11-2-6-13-7-3-11/h1,5,9,11,13H,2-4,6-8H2. The Labute approximate surface area is 90.5 Å². The molecule has 1 N–H and O–H groups in total. The second-order valence-corrected chi connectivity index (χ2v) is 4.43. The summed E-state index contributed by atoms with van der Waals surface area (Å²) in [7, 11) is 0. The first-order valence-corrected chi connectivity index (χ1v) is 5.85. The Morgan fingerprint density at radius 2 is 2.20 bits per heavy atom. The van der Waals surface area contributed by atoms with Crippen molar-refractivity contribution in [3.8, 4) is 0 Å². The van der Waals surface area contributed by atoms with Gasteiger partial charge in [-0.25, -0.2) is 0 Å². The van der Waals surface area contributed by atoms with Crippen LogP contribution in [0.25, 0.3) is 0 Å². The first-order chi connectivity index (χ1) is 7.45. The van der Waals surface area contributed by atoms with E-state index >= 15 is 0 Å². The molecule has 0 radical (unpaired) electrons. The van der Waals surface area contributed by atoms with Crippen molar-refractivity contribution in [3.05, 3.63) is 24.0 Å². The van der Waals surface area contributed by atoms with Crippen LogP contribution in [-0.4, -0.2) is 30.7 Å². The van der Waals surface area contributed by atoms with E-state index in [1.54, 1.807) is 0 Å². The van der Waals surface area contributed by atoms with Gasteiger partial charge in [0.25, 0.3) is 0 Å². The lowest BCUT2D eigenvalue weighted by Crippen LogP contribution is -2.42. The van der Waals surface area contributed by atoms with Crippen molar-refractivity contribution in [2.45, 2.75) is 25.3 Å². The molecular formula is C12H17N3. The first-order valence-electron chi connectivity index (χ1n) is 5.85. The smallest absolute Gasteiger partial charge is 0.0588 e. The summed E-state index contributed by atoms with van der Waals surface area (Å²) in [6.07, 6.45) is 7.68. The SMILES string of the molecule is c1cc2c(cn1)N(C1CCNCC1)CC2. The molecule has 0 spiro atoms. The van der Waals surface area contributed by atoms with E-state index in [1.165, 1.54) is 37.1 Å². The average molecular weight is 203 g/mol. The molecule has 0 amide bonds. The van der Waals surface area contributed by atoms with Crippen LogP contribution in [-0.2, 0) is 6.42 Å². The molecule has 1 fully saturated rings. The predicted octanol–water partition coefficient (Wildman–Crippen LogP) is 1.20. The second-order valence-electron chi connectivity index (χ2n) is 4.43. The number of hydrogen-bond donors (Lipinski definition) is 1. The lowest BCUT2D eigenvalue weighted by Gasteiger charge is -2.33. The number of rotatable bonds is 1. The minimum atomic E-state index is 0.733. The molecule has 0 aromatic carbocycles. The van der Waals surface area contributed by atoms with Crippen LogP contribution < -0.4 is 10.2 Å². The van der Waals surface area contributed by atoms with Gasteiger partial charge in [0, 0.05) is 18.8 Å². The number of anilines is 1. The number of nitrogens with one attached hydrogen (secondary N) is 1. The van der Waals surface area contributed by atoms with E-state index in [1.807, 2.05) is 12.4 Å². The molecule has 3 nitrogen and oxygen atoms in total. The largest absolute Gasteiger partial charge is 0.367 e. The molecule has 3 heteroatoms. The van der Waals surface area contributed by atoms with Crippen LogP contribution in [0.2, 0.25) is 0 Å². The van der Waals surface area contributed by atoms with Gasteiger partial charge >= 0.3 is 0 Å². The Kier molecular flexibility index (Phi) is 2.33. The van der Waals surface area contributed by atoms with Gasteiger partial charge in [0.15, 0.2) is 0 Å². The second kappa shape index (κ2) is 3.81. The number of fused-ring (bicyclic) bond motifs is 1. The molecule has 0 unspecified atom stereocenters. The summed E-state index contributed by atoms with van der Waals surface area (Å²) in [4.78, 5) is 6.80. The molecule has 0 atom stereocenters. The molecule has 0 saturated carbocycles. The molecule has 3 heterocycles. The molecule has 0 bridgehead atoms. The molecular weight excluding hydrogens is 186 g/mol. The van der Waals surface area contributed by atoms with Crippen molar-refractivity contribution < 1.29 is 0 Å². The van der Waals surface area contributed by atoms with Crippen LogP contribution in [0.3, 0.4) is 0 Å². The van der Waals surface area contributed by atoms with Crippen molar-refractivity contribution in [2.75, 3.05) is 24.5 Å². The highest BCUT2D eigenvalue weighted by Gasteiger charge is 2.26. The minimum absolute atomic E-state index is 0.733. The maximum Gasteiger partial charge on any atom is 0.0588 e. The van der Waals surface area contributed by atoms with Gasteiger partial charge in [-0.2, -0.15) is 0 Å². The van der Waals surface area contributed by atoms with Gasteiger partial charge in [-0.1, -0.05) is 0 Å². The third kappa shape index (κ3) is 1.61. The summed E-state index contributed by atoms with van der Waals surface area (Å²) in [6.45, 7) is 3.51. The van der Waals surface area contributed by atoms with Crippen LogP contribution in [0.5, 0.6) is 0 Å². The van der Waals surface area contributed by atoms with Crippen LogP contribution in [0.4, 0.5) is 5.69 Å². The normalized spacial score (nSPS) is 21.7. The number of aromatic nitrogens is 1. The number of hydrogen-bond acceptors (Lipinski definition) is 3. The highest BCUT2D eigenvalue weighted by molar-refractivity contribution is 5.56. The Morgan fingerprint density at radius 1 is 1.33 bits per heavy atom. The van der Waals surface area contributed by atoms with Crippen LogP contribution in [0, 0.1) is 0 Å². The maximum absolute atomic E-state index is 4.24. The maximum atomic E-state index is 4.24. The highest BCUT2D eigenvalue weighted by Crippen LogP contribution is 2.30. The Bertz CT molecular complexity index is 344. The lowest BCUT2D eigenvalue weighted by molar-refractivity contribution is 0.435. The molecule has 80 valence electrons. The lowest BCUT2D eigenvalue weighted by atomic mass is 10.1. The Balaban J connectivity index is 1.83. The molecule has 0 aliphatic carbocycles.